The molecule has 0 saturated heterocycles. The number of nitrogens with one attached hydrogen (secondary N) is 2. The number of halogens is 1. The first-order valence-electron chi connectivity index (χ1n) is 8.46. The molecule has 0 aromatic carbocycles. The molecule has 0 aromatic heterocycles. The second kappa shape index (κ2) is 10.9. The van der Waals surface area contributed by atoms with Crippen molar-refractivity contribution in [1.82, 2.24) is 10.9 Å². The molecular formula is C16H33ClN2. The van der Waals surface area contributed by atoms with Gasteiger partial charge in [0.1, 0.15) is 0 Å². The van der Waals surface area contributed by atoms with Crippen LogP contribution in [0.4, 0.5) is 0 Å². The summed E-state index contributed by atoms with van der Waals surface area (Å²) in [4.78, 5) is 0. The number of rotatable bonds is 3. The summed E-state index contributed by atoms with van der Waals surface area (Å²) in [6.07, 6.45) is 19.9. The van der Waals surface area contributed by atoms with Gasteiger partial charge in [0.15, 0.2) is 0 Å². The molecule has 0 atom stereocenters. The Morgan fingerprint density at radius 2 is 0.684 bits per heavy atom. The molecule has 0 amide bonds. The Morgan fingerprint density at radius 3 is 1.00 bits per heavy atom. The number of hydrogen-bond acceptors (Lipinski definition) is 2. The van der Waals surface area contributed by atoms with Crippen LogP contribution in [0.15, 0.2) is 0 Å². The average Bonchev–Trinajstić information content (AvgIpc) is 2.29. The van der Waals surface area contributed by atoms with E-state index in [2.05, 4.69) is 10.9 Å². The highest BCUT2D eigenvalue weighted by atomic mass is 35.5. The van der Waals surface area contributed by atoms with E-state index in [9.17, 15) is 0 Å². The Balaban J connectivity index is 0.00000180. The lowest BCUT2D eigenvalue weighted by molar-refractivity contribution is 0.290. The Hall–Kier alpha value is 0.210. The van der Waals surface area contributed by atoms with Crippen LogP contribution in [0.1, 0.15) is 89.9 Å². The summed E-state index contributed by atoms with van der Waals surface area (Å²) < 4.78 is 0. The standard InChI is InChI=1S/C16H32N2.ClH/c1-3-7-11-15(12-8-4-1)17-18-16-13-9-5-2-6-10-14-16;/h15-18H,1-14H2;1H. The molecular weight excluding hydrogens is 256 g/mol. The van der Waals surface area contributed by atoms with Crippen LogP contribution in [0.5, 0.6) is 0 Å². The SMILES string of the molecule is C1CCCC(NNC2CCCCCCC2)CCC1.Cl. The van der Waals surface area contributed by atoms with Crippen molar-refractivity contribution in [2.24, 2.45) is 0 Å². The van der Waals surface area contributed by atoms with Gasteiger partial charge >= 0.3 is 0 Å². The second-order valence-corrected chi connectivity index (χ2v) is 6.37. The Labute approximate surface area is 125 Å². The molecule has 2 rings (SSSR count). The zero-order chi connectivity index (χ0) is 12.5. The van der Waals surface area contributed by atoms with Crippen molar-refractivity contribution in [1.29, 1.82) is 0 Å². The first kappa shape index (κ1) is 17.3. The third-order valence-electron chi connectivity index (χ3n) is 4.70. The van der Waals surface area contributed by atoms with E-state index in [1.165, 1.54) is 89.9 Å². The van der Waals surface area contributed by atoms with Gasteiger partial charge < -0.3 is 0 Å². The molecule has 0 radical (unpaired) electrons. The van der Waals surface area contributed by atoms with E-state index in [-0.39, 0.29) is 12.4 Å². The van der Waals surface area contributed by atoms with E-state index in [0.29, 0.717) is 0 Å². The van der Waals surface area contributed by atoms with Gasteiger partial charge in [0.25, 0.3) is 0 Å². The van der Waals surface area contributed by atoms with Crippen molar-refractivity contribution in [3.05, 3.63) is 0 Å². The monoisotopic (exact) mass is 288 g/mol. The van der Waals surface area contributed by atoms with Crippen LogP contribution in [-0.2, 0) is 0 Å². The maximum Gasteiger partial charge on any atom is 0.0213 e. The highest BCUT2D eigenvalue weighted by Gasteiger charge is 2.14. The minimum absolute atomic E-state index is 0. The van der Waals surface area contributed by atoms with E-state index in [1.54, 1.807) is 0 Å². The molecule has 0 aliphatic heterocycles. The molecule has 0 unspecified atom stereocenters. The zero-order valence-corrected chi connectivity index (χ0v) is 13.3. The van der Waals surface area contributed by atoms with Gasteiger partial charge in [-0.1, -0.05) is 64.2 Å². The summed E-state index contributed by atoms with van der Waals surface area (Å²) in [7, 11) is 0. The molecule has 2 N–H and O–H groups in total. The van der Waals surface area contributed by atoms with Crippen molar-refractivity contribution in [3.8, 4) is 0 Å². The van der Waals surface area contributed by atoms with Gasteiger partial charge in [-0.05, 0) is 25.7 Å². The minimum atomic E-state index is 0. The van der Waals surface area contributed by atoms with Gasteiger partial charge in [-0.25, -0.2) is 0 Å². The lowest BCUT2D eigenvalue weighted by Crippen LogP contribution is -2.47. The van der Waals surface area contributed by atoms with E-state index < -0.39 is 0 Å². The molecule has 0 spiro atoms. The molecule has 2 saturated carbocycles. The van der Waals surface area contributed by atoms with Gasteiger partial charge in [-0.3, -0.25) is 10.9 Å². The Kier molecular flexibility index (Phi) is 9.93. The topological polar surface area (TPSA) is 24.1 Å². The molecule has 19 heavy (non-hydrogen) atoms. The molecule has 2 fully saturated rings. The van der Waals surface area contributed by atoms with Crippen LogP contribution in [0.3, 0.4) is 0 Å². The van der Waals surface area contributed by atoms with Gasteiger partial charge in [-0.2, -0.15) is 0 Å². The number of hydrazine groups is 1. The van der Waals surface area contributed by atoms with Crippen LogP contribution < -0.4 is 10.9 Å². The van der Waals surface area contributed by atoms with Crippen molar-refractivity contribution in [3.63, 3.8) is 0 Å². The largest absolute Gasteiger partial charge is 0.255 e. The van der Waals surface area contributed by atoms with E-state index >= 15 is 0 Å². The molecule has 2 aliphatic carbocycles. The van der Waals surface area contributed by atoms with Crippen molar-refractivity contribution < 1.29 is 0 Å². The maximum absolute atomic E-state index is 3.66. The van der Waals surface area contributed by atoms with Crippen LogP contribution in [0.25, 0.3) is 0 Å². The quantitative estimate of drug-likeness (QED) is 0.734. The van der Waals surface area contributed by atoms with Crippen molar-refractivity contribution >= 4 is 12.4 Å². The lowest BCUT2D eigenvalue weighted by Gasteiger charge is -2.26. The van der Waals surface area contributed by atoms with Crippen molar-refractivity contribution in [2.45, 2.75) is 102 Å². The summed E-state index contributed by atoms with van der Waals surface area (Å²) in [5, 5.41) is 0. The second-order valence-electron chi connectivity index (χ2n) is 6.37. The highest BCUT2D eigenvalue weighted by Crippen LogP contribution is 2.18. The molecule has 0 bridgehead atoms. The predicted octanol–water partition coefficient (Wildman–Crippen LogP) is 4.73. The summed E-state index contributed by atoms with van der Waals surface area (Å²) in [6.45, 7) is 0. The van der Waals surface area contributed by atoms with Crippen LogP contribution in [-0.4, -0.2) is 12.1 Å². The molecule has 0 aromatic rings. The zero-order valence-electron chi connectivity index (χ0n) is 12.5. The lowest BCUT2D eigenvalue weighted by atomic mass is 9.96. The normalized spacial score (nSPS) is 24.6. The van der Waals surface area contributed by atoms with Crippen molar-refractivity contribution in [2.75, 3.05) is 0 Å². The molecule has 3 heteroatoms. The molecule has 2 nitrogen and oxygen atoms in total. The molecule has 0 heterocycles. The predicted molar refractivity (Wildman–Crippen MR) is 85.7 cm³/mol. The van der Waals surface area contributed by atoms with E-state index in [1.807, 2.05) is 0 Å². The summed E-state index contributed by atoms with van der Waals surface area (Å²) in [5.74, 6) is 0. The first-order valence-corrected chi connectivity index (χ1v) is 8.46. The third kappa shape index (κ3) is 7.53. The van der Waals surface area contributed by atoms with Gasteiger partial charge in [0.05, 0.1) is 0 Å². The number of hydrogen-bond donors (Lipinski definition) is 2. The third-order valence-corrected chi connectivity index (χ3v) is 4.70. The van der Waals surface area contributed by atoms with Crippen LogP contribution >= 0.6 is 12.4 Å². The molecule has 114 valence electrons. The molecule has 2 aliphatic rings. The van der Waals surface area contributed by atoms with Gasteiger partial charge in [-0.15, -0.1) is 12.4 Å². The maximum atomic E-state index is 3.66. The fraction of sp³-hybridized carbons (Fsp3) is 1.00. The summed E-state index contributed by atoms with van der Waals surface area (Å²) in [6, 6.07) is 1.46. The summed E-state index contributed by atoms with van der Waals surface area (Å²) in [5.41, 5.74) is 7.31. The van der Waals surface area contributed by atoms with Gasteiger partial charge in [0, 0.05) is 12.1 Å². The van der Waals surface area contributed by atoms with Crippen LogP contribution in [0.2, 0.25) is 0 Å². The van der Waals surface area contributed by atoms with E-state index in [4.69, 9.17) is 0 Å². The fourth-order valence-electron chi connectivity index (χ4n) is 3.44. The first-order chi connectivity index (χ1) is 8.95. The summed E-state index contributed by atoms with van der Waals surface area (Å²) >= 11 is 0. The van der Waals surface area contributed by atoms with Crippen LogP contribution in [0, 0.1) is 0 Å². The Morgan fingerprint density at radius 1 is 0.421 bits per heavy atom. The average molecular weight is 289 g/mol. The Bertz CT molecular complexity index is 173. The smallest absolute Gasteiger partial charge is 0.0213 e. The van der Waals surface area contributed by atoms with Gasteiger partial charge in [0.2, 0.25) is 0 Å². The highest BCUT2D eigenvalue weighted by molar-refractivity contribution is 5.85. The van der Waals surface area contributed by atoms with E-state index in [0.717, 1.165) is 12.1 Å². The fourth-order valence-corrected chi connectivity index (χ4v) is 3.44. The minimum Gasteiger partial charge on any atom is -0.255 e.